The van der Waals surface area contributed by atoms with Crippen LogP contribution < -0.4 is 11.1 Å². The molecule has 3 aromatic carbocycles. The van der Waals surface area contributed by atoms with Gasteiger partial charge in [-0.15, -0.1) is 0 Å². The fourth-order valence-corrected chi connectivity index (χ4v) is 5.04. The minimum absolute atomic E-state index is 0.264. The van der Waals surface area contributed by atoms with Crippen molar-refractivity contribution in [3.8, 4) is 22.6 Å². The van der Waals surface area contributed by atoms with Gasteiger partial charge in [-0.05, 0) is 79.1 Å². The Morgan fingerprint density at radius 1 is 0.892 bits per heavy atom. The molecule has 7 nitrogen and oxygen atoms in total. The lowest BCUT2D eigenvalue weighted by Crippen LogP contribution is -2.15. The molecule has 0 saturated heterocycles. The average Bonchev–Trinajstić information content (AvgIpc) is 3.58. The third kappa shape index (κ3) is 4.09. The largest absolute Gasteiger partial charge is 0.364 e. The van der Waals surface area contributed by atoms with Crippen LogP contribution in [0.2, 0.25) is 5.02 Å². The monoisotopic (exact) mass is 507 g/mol. The Morgan fingerprint density at radius 2 is 1.62 bits per heavy atom. The maximum absolute atomic E-state index is 12.9. The van der Waals surface area contributed by atoms with Gasteiger partial charge >= 0.3 is 0 Å². The second kappa shape index (κ2) is 9.11. The topological polar surface area (TPSA) is 94.9 Å². The Morgan fingerprint density at radius 3 is 2.35 bits per heavy atom. The number of aryl methyl sites for hydroxylation is 1. The Hall–Kier alpha value is -4.62. The van der Waals surface area contributed by atoms with Crippen molar-refractivity contribution in [1.29, 1.82) is 0 Å². The lowest BCUT2D eigenvalue weighted by molar-refractivity contribution is 0.0992. The van der Waals surface area contributed by atoms with Crippen molar-refractivity contribution in [2.24, 2.45) is 5.73 Å². The first-order chi connectivity index (χ1) is 18.0. The van der Waals surface area contributed by atoms with Gasteiger partial charge in [0.05, 0.1) is 22.0 Å². The van der Waals surface area contributed by atoms with Gasteiger partial charge in [0.1, 0.15) is 0 Å². The number of nitrogens with two attached hydrogens (primary N) is 1. The molecule has 37 heavy (non-hydrogen) atoms. The summed E-state index contributed by atoms with van der Waals surface area (Å²) in [5.41, 5.74) is 12.4. The number of primary amides is 1. The van der Waals surface area contributed by atoms with Crippen LogP contribution >= 0.6 is 11.6 Å². The number of hydrogen-bond acceptors (Lipinski definition) is 3. The smallest absolute Gasteiger partial charge is 0.269 e. The van der Waals surface area contributed by atoms with Crippen LogP contribution in [0.15, 0.2) is 91.3 Å². The summed E-state index contributed by atoms with van der Waals surface area (Å²) >= 11 is 6.21. The molecule has 2 aromatic heterocycles. The van der Waals surface area contributed by atoms with Crippen LogP contribution in [0.5, 0.6) is 0 Å². The van der Waals surface area contributed by atoms with Gasteiger partial charge in [0.25, 0.3) is 11.8 Å². The van der Waals surface area contributed by atoms with E-state index in [1.807, 2.05) is 71.6 Å². The molecule has 0 fully saturated rings. The molecule has 0 saturated carbocycles. The minimum atomic E-state index is -0.564. The third-order valence-corrected chi connectivity index (χ3v) is 6.93. The molecule has 2 heterocycles. The summed E-state index contributed by atoms with van der Waals surface area (Å²) in [7, 11) is 0. The molecule has 5 aromatic rings. The maximum atomic E-state index is 12.9. The standard InChI is InChI=1S/C29H22ClN5O2/c30-25-6-2-1-5-22(25)29(37)32-19-9-7-18-8-14-23-26(28(31)36)33-35(27(23)24(18)17-19)21-12-10-20(11-13-21)34-15-3-4-16-34/h1-7,9-13,15-17H,8,14H2,(H2,31,36)(H,32,37). The minimum Gasteiger partial charge on any atom is -0.364 e. The van der Waals surface area contributed by atoms with Crippen molar-refractivity contribution in [2.45, 2.75) is 12.8 Å². The molecule has 1 aliphatic rings. The summed E-state index contributed by atoms with van der Waals surface area (Å²) in [6, 6.07) is 24.6. The number of carbonyl (C=O) groups excluding carboxylic acids is 2. The number of rotatable bonds is 5. The number of aromatic nitrogens is 3. The number of hydrogen-bond donors (Lipinski definition) is 2. The van der Waals surface area contributed by atoms with Crippen LogP contribution in [-0.4, -0.2) is 26.2 Å². The molecule has 182 valence electrons. The molecule has 0 bridgehead atoms. The van der Waals surface area contributed by atoms with E-state index in [4.69, 9.17) is 17.3 Å². The fraction of sp³-hybridized carbons (Fsp3) is 0.0690. The van der Waals surface area contributed by atoms with Gasteiger partial charge in [0, 0.05) is 34.9 Å². The highest BCUT2D eigenvalue weighted by atomic mass is 35.5. The van der Waals surface area contributed by atoms with Crippen molar-refractivity contribution >= 4 is 29.1 Å². The zero-order valence-corrected chi connectivity index (χ0v) is 20.4. The number of benzene rings is 3. The van der Waals surface area contributed by atoms with E-state index >= 15 is 0 Å². The molecule has 1 aliphatic carbocycles. The third-order valence-electron chi connectivity index (χ3n) is 6.60. The van der Waals surface area contributed by atoms with Crippen LogP contribution in [0.4, 0.5) is 5.69 Å². The van der Waals surface area contributed by atoms with E-state index in [1.54, 1.807) is 28.9 Å². The molecule has 0 aliphatic heterocycles. The highest BCUT2D eigenvalue weighted by Gasteiger charge is 2.28. The lowest BCUT2D eigenvalue weighted by Gasteiger charge is -2.20. The van der Waals surface area contributed by atoms with Gasteiger partial charge in [-0.3, -0.25) is 9.59 Å². The molecule has 0 unspecified atom stereocenters. The van der Waals surface area contributed by atoms with Crippen molar-refractivity contribution in [3.05, 3.63) is 119 Å². The summed E-state index contributed by atoms with van der Waals surface area (Å²) in [5, 5.41) is 7.96. The second-order valence-electron chi connectivity index (χ2n) is 8.86. The van der Waals surface area contributed by atoms with Crippen molar-refractivity contribution in [1.82, 2.24) is 14.3 Å². The maximum Gasteiger partial charge on any atom is 0.269 e. The zero-order valence-electron chi connectivity index (χ0n) is 19.7. The Kier molecular flexibility index (Phi) is 5.62. The predicted molar refractivity (Wildman–Crippen MR) is 144 cm³/mol. The van der Waals surface area contributed by atoms with Gasteiger partial charge in [-0.2, -0.15) is 5.10 Å². The first-order valence-corrected chi connectivity index (χ1v) is 12.2. The fourth-order valence-electron chi connectivity index (χ4n) is 4.82. The SMILES string of the molecule is NC(=O)c1nn(-c2ccc(-n3cccc3)cc2)c2c1CCc1ccc(NC(=O)c3ccccc3Cl)cc1-2. The summed E-state index contributed by atoms with van der Waals surface area (Å²) in [6.45, 7) is 0. The molecular weight excluding hydrogens is 486 g/mol. The van der Waals surface area contributed by atoms with E-state index < -0.39 is 5.91 Å². The summed E-state index contributed by atoms with van der Waals surface area (Å²) in [4.78, 5) is 25.2. The van der Waals surface area contributed by atoms with Gasteiger partial charge in [-0.25, -0.2) is 4.68 Å². The molecule has 3 N–H and O–H groups in total. The quantitative estimate of drug-likeness (QED) is 0.332. The predicted octanol–water partition coefficient (Wildman–Crippen LogP) is 5.43. The molecule has 6 rings (SSSR count). The summed E-state index contributed by atoms with van der Waals surface area (Å²) < 4.78 is 3.78. The number of fused-ring (bicyclic) bond motifs is 3. The zero-order chi connectivity index (χ0) is 25.5. The average molecular weight is 508 g/mol. The van der Waals surface area contributed by atoms with Gasteiger partial charge in [0.15, 0.2) is 5.69 Å². The number of halogens is 1. The Balaban J connectivity index is 1.43. The normalized spacial score (nSPS) is 12.0. The molecular formula is C29H22ClN5O2. The van der Waals surface area contributed by atoms with E-state index in [0.717, 1.165) is 40.2 Å². The van der Waals surface area contributed by atoms with Crippen LogP contribution in [-0.2, 0) is 12.8 Å². The van der Waals surface area contributed by atoms with Crippen molar-refractivity contribution < 1.29 is 9.59 Å². The van der Waals surface area contributed by atoms with Crippen molar-refractivity contribution in [2.75, 3.05) is 5.32 Å². The second-order valence-corrected chi connectivity index (χ2v) is 9.27. The van der Waals surface area contributed by atoms with E-state index in [-0.39, 0.29) is 11.6 Å². The number of amides is 2. The van der Waals surface area contributed by atoms with Crippen LogP contribution in [0.3, 0.4) is 0 Å². The lowest BCUT2D eigenvalue weighted by atomic mass is 9.88. The number of anilines is 1. The Labute approximate surface area is 218 Å². The number of carbonyl (C=O) groups is 2. The van der Waals surface area contributed by atoms with Gasteiger partial charge in [0.2, 0.25) is 0 Å². The van der Waals surface area contributed by atoms with Crippen LogP contribution in [0, 0.1) is 0 Å². The molecule has 8 heteroatoms. The molecule has 2 amide bonds. The van der Waals surface area contributed by atoms with E-state index in [1.165, 1.54) is 0 Å². The first-order valence-electron chi connectivity index (χ1n) is 11.8. The molecule has 0 atom stereocenters. The number of nitrogens with zero attached hydrogens (tertiary/aromatic N) is 3. The molecule has 0 spiro atoms. The van der Waals surface area contributed by atoms with E-state index in [9.17, 15) is 9.59 Å². The number of nitrogens with one attached hydrogen (secondary N) is 1. The summed E-state index contributed by atoms with van der Waals surface area (Å²) in [5.74, 6) is -0.862. The van der Waals surface area contributed by atoms with Crippen LogP contribution in [0.1, 0.15) is 32.0 Å². The van der Waals surface area contributed by atoms with Gasteiger partial charge in [-0.1, -0.05) is 29.8 Å². The van der Waals surface area contributed by atoms with Crippen molar-refractivity contribution in [3.63, 3.8) is 0 Å². The highest BCUT2D eigenvalue weighted by molar-refractivity contribution is 6.34. The first kappa shape index (κ1) is 22.8. The summed E-state index contributed by atoms with van der Waals surface area (Å²) in [6.07, 6.45) is 5.34. The van der Waals surface area contributed by atoms with E-state index in [2.05, 4.69) is 10.4 Å². The van der Waals surface area contributed by atoms with E-state index in [0.29, 0.717) is 22.7 Å². The Bertz CT molecular complexity index is 1650. The molecule has 0 radical (unpaired) electrons. The van der Waals surface area contributed by atoms with Crippen LogP contribution in [0.25, 0.3) is 22.6 Å². The van der Waals surface area contributed by atoms with Gasteiger partial charge < -0.3 is 15.6 Å². The highest BCUT2D eigenvalue weighted by Crippen LogP contribution is 2.38.